The fourth-order valence-corrected chi connectivity index (χ4v) is 3.92. The zero-order valence-electron chi connectivity index (χ0n) is 8.51. The summed E-state index contributed by atoms with van der Waals surface area (Å²) in [6.07, 6.45) is 2.29. The molecule has 0 radical (unpaired) electrons. The molecule has 0 unspecified atom stereocenters. The first kappa shape index (κ1) is 10.9. The summed E-state index contributed by atoms with van der Waals surface area (Å²) in [5.41, 5.74) is 6.03. The minimum atomic E-state index is -3.30. The van der Waals surface area contributed by atoms with Gasteiger partial charge in [-0.1, -0.05) is 0 Å². The lowest BCUT2D eigenvalue weighted by atomic mass is 10.4. The Kier molecular flexibility index (Phi) is 2.74. The quantitative estimate of drug-likeness (QED) is 0.872. The van der Waals surface area contributed by atoms with Crippen LogP contribution >= 0.6 is 11.3 Å². The number of anilines is 1. The number of sulfonamides is 1. The Morgan fingerprint density at radius 3 is 2.73 bits per heavy atom. The predicted molar refractivity (Wildman–Crippen MR) is 61.3 cm³/mol. The minimum absolute atomic E-state index is 0.336. The Labute approximate surface area is 93.8 Å². The number of hydrogen-bond donors (Lipinski definition) is 1. The molecular formula is C9H14N2O2S2. The summed E-state index contributed by atoms with van der Waals surface area (Å²) in [7, 11) is -1.67. The van der Waals surface area contributed by atoms with Crippen LogP contribution in [0.1, 0.15) is 12.8 Å². The Morgan fingerprint density at radius 2 is 2.27 bits per heavy atom. The monoisotopic (exact) mass is 246 g/mol. The van der Waals surface area contributed by atoms with Crippen molar-refractivity contribution in [1.29, 1.82) is 0 Å². The second kappa shape index (κ2) is 3.77. The van der Waals surface area contributed by atoms with Crippen molar-refractivity contribution in [2.24, 2.45) is 5.92 Å². The van der Waals surface area contributed by atoms with Crippen LogP contribution in [-0.2, 0) is 10.0 Å². The maximum atomic E-state index is 12.0. The maximum absolute atomic E-state index is 12.0. The first-order valence-electron chi connectivity index (χ1n) is 4.80. The number of nitrogens with zero attached hydrogens (tertiary/aromatic N) is 1. The van der Waals surface area contributed by atoms with Crippen molar-refractivity contribution in [2.75, 3.05) is 19.3 Å². The number of nitrogens with two attached hydrogens (primary N) is 1. The molecule has 84 valence electrons. The summed E-state index contributed by atoms with van der Waals surface area (Å²) in [5.74, 6) is 0.557. The number of hydrogen-bond acceptors (Lipinski definition) is 4. The average Bonchev–Trinajstić information content (AvgIpc) is 2.86. The summed E-state index contributed by atoms with van der Waals surface area (Å²) in [5, 5.41) is 1.65. The van der Waals surface area contributed by atoms with Crippen LogP contribution in [0.5, 0.6) is 0 Å². The van der Waals surface area contributed by atoms with E-state index in [-0.39, 0.29) is 0 Å². The average molecular weight is 246 g/mol. The third kappa shape index (κ3) is 2.32. The van der Waals surface area contributed by atoms with E-state index < -0.39 is 10.0 Å². The second-order valence-corrected chi connectivity index (χ2v) is 7.11. The second-order valence-electron chi connectivity index (χ2n) is 3.93. The molecule has 1 aliphatic carbocycles. The highest BCUT2D eigenvalue weighted by Crippen LogP contribution is 2.32. The van der Waals surface area contributed by atoms with Gasteiger partial charge in [0.15, 0.2) is 0 Å². The van der Waals surface area contributed by atoms with Crippen molar-refractivity contribution in [2.45, 2.75) is 17.1 Å². The zero-order chi connectivity index (χ0) is 11.1. The summed E-state index contributed by atoms with van der Waals surface area (Å²) in [6, 6.07) is 1.52. The fourth-order valence-electron chi connectivity index (χ4n) is 1.38. The molecule has 0 spiro atoms. The summed E-state index contributed by atoms with van der Waals surface area (Å²) < 4.78 is 25.7. The van der Waals surface area contributed by atoms with Gasteiger partial charge in [-0.15, -0.1) is 11.3 Å². The first-order valence-corrected chi connectivity index (χ1v) is 7.12. The summed E-state index contributed by atoms with van der Waals surface area (Å²) in [6.45, 7) is 0.625. The summed E-state index contributed by atoms with van der Waals surface area (Å²) >= 11 is 1.18. The van der Waals surface area contributed by atoms with Crippen LogP contribution in [0.4, 0.5) is 5.69 Å². The van der Waals surface area contributed by atoms with Gasteiger partial charge in [0.1, 0.15) is 4.21 Å². The van der Waals surface area contributed by atoms with Crippen molar-refractivity contribution in [3.8, 4) is 0 Å². The van der Waals surface area contributed by atoms with Crippen molar-refractivity contribution in [3.05, 3.63) is 11.4 Å². The van der Waals surface area contributed by atoms with Gasteiger partial charge in [-0.05, 0) is 24.8 Å². The third-order valence-electron chi connectivity index (χ3n) is 2.47. The fraction of sp³-hybridized carbons (Fsp3) is 0.556. The molecular weight excluding hydrogens is 232 g/mol. The highest BCUT2D eigenvalue weighted by molar-refractivity contribution is 7.91. The SMILES string of the molecule is CN(CC1CC1)S(=O)(=O)c1cc(N)cs1. The van der Waals surface area contributed by atoms with Gasteiger partial charge in [-0.3, -0.25) is 0 Å². The molecule has 1 fully saturated rings. The Balaban J connectivity index is 2.17. The van der Waals surface area contributed by atoms with E-state index in [2.05, 4.69) is 0 Å². The van der Waals surface area contributed by atoms with Crippen molar-refractivity contribution in [1.82, 2.24) is 4.31 Å². The molecule has 6 heteroatoms. The number of thiophene rings is 1. The molecule has 0 bridgehead atoms. The van der Waals surface area contributed by atoms with E-state index in [1.807, 2.05) is 0 Å². The molecule has 1 aromatic rings. The number of rotatable bonds is 4. The lowest BCUT2D eigenvalue weighted by molar-refractivity contribution is 0.454. The normalized spacial score (nSPS) is 17.2. The molecule has 0 saturated heterocycles. The van der Waals surface area contributed by atoms with E-state index in [9.17, 15) is 8.42 Å². The first-order chi connectivity index (χ1) is 7.00. The Morgan fingerprint density at radius 1 is 1.60 bits per heavy atom. The minimum Gasteiger partial charge on any atom is -0.398 e. The van der Waals surface area contributed by atoms with Gasteiger partial charge in [0.05, 0.1) is 0 Å². The molecule has 15 heavy (non-hydrogen) atoms. The van der Waals surface area contributed by atoms with Crippen LogP contribution in [0.25, 0.3) is 0 Å². The smallest absolute Gasteiger partial charge is 0.252 e. The third-order valence-corrected chi connectivity index (χ3v) is 5.73. The Bertz CT molecular complexity index is 448. The van der Waals surface area contributed by atoms with Gasteiger partial charge < -0.3 is 5.73 Å². The molecule has 1 aromatic heterocycles. The van der Waals surface area contributed by atoms with Crippen LogP contribution < -0.4 is 5.73 Å². The van der Waals surface area contributed by atoms with Crippen molar-refractivity contribution >= 4 is 27.0 Å². The molecule has 4 nitrogen and oxygen atoms in total. The molecule has 0 atom stereocenters. The Hall–Kier alpha value is -0.590. The molecule has 1 aliphatic rings. The molecule has 2 rings (SSSR count). The molecule has 0 aliphatic heterocycles. The number of nitrogen functional groups attached to an aromatic ring is 1. The molecule has 0 aromatic carbocycles. The topological polar surface area (TPSA) is 63.4 Å². The predicted octanol–water partition coefficient (Wildman–Crippen LogP) is 1.36. The molecule has 1 heterocycles. The van der Waals surface area contributed by atoms with Crippen molar-refractivity contribution < 1.29 is 8.42 Å². The van der Waals surface area contributed by atoms with Crippen LogP contribution in [0, 0.1) is 5.92 Å². The van der Waals surface area contributed by atoms with Gasteiger partial charge >= 0.3 is 0 Å². The maximum Gasteiger partial charge on any atom is 0.252 e. The standard InChI is InChI=1S/C9H14N2O2S2/c1-11(5-7-2-3-7)15(12,13)9-4-8(10)6-14-9/h4,6-7H,2-3,5,10H2,1H3. The van der Waals surface area contributed by atoms with E-state index in [1.165, 1.54) is 21.7 Å². The van der Waals surface area contributed by atoms with Gasteiger partial charge in [-0.2, -0.15) is 4.31 Å². The van der Waals surface area contributed by atoms with Crippen LogP contribution in [0.15, 0.2) is 15.7 Å². The van der Waals surface area contributed by atoms with Crippen molar-refractivity contribution in [3.63, 3.8) is 0 Å². The zero-order valence-corrected chi connectivity index (χ0v) is 10.1. The highest BCUT2D eigenvalue weighted by atomic mass is 32.2. The molecule has 0 amide bonds. The van der Waals surface area contributed by atoms with Crippen LogP contribution in [0.2, 0.25) is 0 Å². The lowest BCUT2D eigenvalue weighted by Gasteiger charge is -2.15. The molecule has 1 saturated carbocycles. The van der Waals surface area contributed by atoms with Crippen LogP contribution in [0.3, 0.4) is 0 Å². The highest BCUT2D eigenvalue weighted by Gasteiger charge is 2.29. The summed E-state index contributed by atoms with van der Waals surface area (Å²) in [4.78, 5) is 0. The van der Waals surface area contributed by atoms with E-state index in [0.717, 1.165) is 12.8 Å². The van der Waals surface area contributed by atoms with E-state index in [4.69, 9.17) is 5.73 Å². The van der Waals surface area contributed by atoms with E-state index >= 15 is 0 Å². The van der Waals surface area contributed by atoms with Crippen LogP contribution in [-0.4, -0.2) is 26.3 Å². The van der Waals surface area contributed by atoms with Gasteiger partial charge in [-0.25, -0.2) is 8.42 Å². The van der Waals surface area contributed by atoms with E-state index in [0.29, 0.717) is 22.4 Å². The largest absolute Gasteiger partial charge is 0.398 e. The van der Waals surface area contributed by atoms with Gasteiger partial charge in [0.2, 0.25) is 0 Å². The molecule has 2 N–H and O–H groups in total. The van der Waals surface area contributed by atoms with E-state index in [1.54, 1.807) is 12.4 Å². The van der Waals surface area contributed by atoms with Gasteiger partial charge in [0, 0.05) is 24.7 Å². The van der Waals surface area contributed by atoms with Gasteiger partial charge in [0.25, 0.3) is 10.0 Å². The lowest BCUT2D eigenvalue weighted by Crippen LogP contribution is -2.28.